The Morgan fingerprint density at radius 3 is 2.23 bits per heavy atom. The van der Waals surface area contributed by atoms with Gasteiger partial charge < -0.3 is 4.90 Å². The van der Waals surface area contributed by atoms with Gasteiger partial charge in [0.05, 0.1) is 0 Å². The molecule has 3 nitrogen and oxygen atoms in total. The molecule has 2 heterocycles. The van der Waals surface area contributed by atoms with Crippen LogP contribution in [0.25, 0.3) is 0 Å². The Hall–Kier alpha value is -1.90. The maximum Gasteiger partial charge on any atom is 0.131 e. The van der Waals surface area contributed by atoms with Gasteiger partial charge in [-0.15, -0.1) is 0 Å². The number of nitrogens with zero attached hydrogens (tertiary/aromatic N) is 3. The normalized spacial score (nSPS) is 16.8. The van der Waals surface area contributed by atoms with E-state index in [0.29, 0.717) is 5.92 Å². The van der Waals surface area contributed by atoms with E-state index in [1.807, 2.05) is 12.3 Å². The molecule has 0 amide bonds. The first-order chi connectivity index (χ1) is 10.5. The van der Waals surface area contributed by atoms with Crippen molar-refractivity contribution in [3.63, 3.8) is 0 Å². The molecule has 116 valence electrons. The summed E-state index contributed by atoms with van der Waals surface area (Å²) in [6.45, 7) is 8.94. The number of anilines is 1. The van der Waals surface area contributed by atoms with Gasteiger partial charge in [-0.1, -0.05) is 45.0 Å². The van der Waals surface area contributed by atoms with Gasteiger partial charge in [-0.3, -0.25) is 0 Å². The van der Waals surface area contributed by atoms with E-state index in [2.05, 4.69) is 59.9 Å². The van der Waals surface area contributed by atoms with Crippen LogP contribution in [0.5, 0.6) is 0 Å². The summed E-state index contributed by atoms with van der Waals surface area (Å²) in [6.07, 6.45) is 5.84. The topological polar surface area (TPSA) is 29.0 Å². The molecule has 3 rings (SSSR count). The predicted molar refractivity (Wildman–Crippen MR) is 91.4 cm³/mol. The molecule has 0 atom stereocenters. The summed E-state index contributed by atoms with van der Waals surface area (Å²) in [5.41, 5.74) is 3.12. The number of hydrogen-bond donors (Lipinski definition) is 0. The third-order valence-electron chi connectivity index (χ3n) is 4.63. The van der Waals surface area contributed by atoms with Crippen molar-refractivity contribution >= 4 is 5.82 Å². The lowest BCUT2D eigenvalue weighted by molar-refractivity contribution is 0.502. The smallest absolute Gasteiger partial charge is 0.131 e. The summed E-state index contributed by atoms with van der Waals surface area (Å²) in [4.78, 5) is 10.7. The van der Waals surface area contributed by atoms with Crippen LogP contribution in [0.4, 0.5) is 5.82 Å². The van der Waals surface area contributed by atoms with Crippen LogP contribution in [0.1, 0.15) is 50.7 Å². The Balaban J connectivity index is 1.64. The van der Waals surface area contributed by atoms with Crippen molar-refractivity contribution in [2.45, 2.75) is 44.9 Å². The molecule has 3 heteroatoms. The minimum absolute atomic E-state index is 0.231. The molecule has 1 aromatic carbocycles. The van der Waals surface area contributed by atoms with Gasteiger partial charge in [-0.05, 0) is 41.4 Å². The van der Waals surface area contributed by atoms with E-state index in [1.165, 1.54) is 24.0 Å². The monoisotopic (exact) mass is 295 g/mol. The van der Waals surface area contributed by atoms with Gasteiger partial charge in [0.25, 0.3) is 0 Å². The second kappa shape index (κ2) is 6.07. The number of piperidine rings is 1. The fourth-order valence-electron chi connectivity index (χ4n) is 3.17. The molecule has 0 aliphatic carbocycles. The summed E-state index contributed by atoms with van der Waals surface area (Å²) in [6, 6.07) is 11.2. The first-order valence-corrected chi connectivity index (χ1v) is 8.15. The van der Waals surface area contributed by atoms with Crippen molar-refractivity contribution in [1.82, 2.24) is 9.97 Å². The quantitative estimate of drug-likeness (QED) is 0.833. The fourth-order valence-corrected chi connectivity index (χ4v) is 3.17. The first-order valence-electron chi connectivity index (χ1n) is 8.15. The van der Waals surface area contributed by atoms with E-state index in [-0.39, 0.29) is 5.41 Å². The Kier molecular flexibility index (Phi) is 4.14. The van der Waals surface area contributed by atoms with E-state index >= 15 is 0 Å². The van der Waals surface area contributed by atoms with Gasteiger partial charge in [-0.2, -0.15) is 0 Å². The number of aromatic nitrogens is 2. The molecule has 0 spiro atoms. The maximum absolute atomic E-state index is 4.35. The minimum Gasteiger partial charge on any atom is -0.356 e. The van der Waals surface area contributed by atoms with Gasteiger partial charge >= 0.3 is 0 Å². The third kappa shape index (κ3) is 3.29. The molecule has 0 radical (unpaired) electrons. The third-order valence-corrected chi connectivity index (χ3v) is 4.63. The molecule has 2 aromatic rings. The molecular weight excluding hydrogens is 270 g/mol. The average Bonchev–Trinajstić information content (AvgIpc) is 2.55. The lowest BCUT2D eigenvalue weighted by Gasteiger charge is -2.33. The zero-order valence-corrected chi connectivity index (χ0v) is 13.8. The summed E-state index contributed by atoms with van der Waals surface area (Å²) < 4.78 is 0. The van der Waals surface area contributed by atoms with Gasteiger partial charge in [0, 0.05) is 19.3 Å². The lowest BCUT2D eigenvalue weighted by Crippen LogP contribution is -2.33. The minimum atomic E-state index is 0.231. The van der Waals surface area contributed by atoms with Gasteiger partial charge in [-0.25, -0.2) is 9.97 Å². The van der Waals surface area contributed by atoms with Crippen molar-refractivity contribution in [1.29, 1.82) is 0 Å². The van der Waals surface area contributed by atoms with Crippen LogP contribution in [0.3, 0.4) is 0 Å². The second-order valence-corrected chi connectivity index (χ2v) is 7.20. The number of benzene rings is 1. The molecule has 0 unspecified atom stereocenters. The van der Waals surface area contributed by atoms with Crippen molar-refractivity contribution in [3.8, 4) is 0 Å². The van der Waals surface area contributed by atoms with Crippen LogP contribution in [-0.2, 0) is 5.41 Å². The molecule has 0 bridgehead atoms. The largest absolute Gasteiger partial charge is 0.356 e. The maximum atomic E-state index is 4.35. The van der Waals surface area contributed by atoms with Crippen molar-refractivity contribution in [2.24, 2.45) is 0 Å². The van der Waals surface area contributed by atoms with Crippen molar-refractivity contribution < 1.29 is 0 Å². The summed E-state index contributed by atoms with van der Waals surface area (Å²) in [5.74, 6) is 1.73. The van der Waals surface area contributed by atoms with E-state index in [4.69, 9.17) is 0 Å². The number of rotatable bonds is 2. The highest BCUT2D eigenvalue weighted by atomic mass is 15.2. The van der Waals surface area contributed by atoms with Crippen molar-refractivity contribution in [3.05, 3.63) is 54.0 Å². The highest BCUT2D eigenvalue weighted by molar-refractivity contribution is 5.38. The van der Waals surface area contributed by atoms with Crippen LogP contribution in [0.2, 0.25) is 0 Å². The summed E-state index contributed by atoms with van der Waals surface area (Å²) >= 11 is 0. The Morgan fingerprint density at radius 2 is 1.68 bits per heavy atom. The molecule has 1 fully saturated rings. The molecular formula is C19H25N3. The van der Waals surface area contributed by atoms with Crippen LogP contribution >= 0.6 is 0 Å². The predicted octanol–water partition coefficient (Wildman–Crippen LogP) is 4.16. The zero-order chi connectivity index (χ0) is 15.6. The van der Waals surface area contributed by atoms with Crippen LogP contribution in [0, 0.1) is 0 Å². The van der Waals surface area contributed by atoms with Gasteiger partial charge in [0.2, 0.25) is 0 Å². The molecule has 0 saturated carbocycles. The molecule has 22 heavy (non-hydrogen) atoms. The summed E-state index contributed by atoms with van der Waals surface area (Å²) in [7, 11) is 0. The van der Waals surface area contributed by atoms with Crippen LogP contribution in [-0.4, -0.2) is 23.1 Å². The van der Waals surface area contributed by atoms with Gasteiger partial charge in [0.1, 0.15) is 12.1 Å². The highest BCUT2D eigenvalue weighted by Crippen LogP contribution is 2.31. The number of hydrogen-bond acceptors (Lipinski definition) is 3. The fraction of sp³-hybridized carbons (Fsp3) is 0.474. The molecule has 1 saturated heterocycles. The molecule has 1 aliphatic rings. The van der Waals surface area contributed by atoms with E-state index in [9.17, 15) is 0 Å². The van der Waals surface area contributed by atoms with Crippen LogP contribution in [0.15, 0.2) is 42.9 Å². The molecule has 1 aromatic heterocycles. The van der Waals surface area contributed by atoms with E-state index in [0.717, 1.165) is 18.9 Å². The lowest BCUT2D eigenvalue weighted by atomic mass is 9.84. The SMILES string of the molecule is CC(C)(C)c1ccc(C2CCN(c3ccncn3)CC2)cc1. The van der Waals surface area contributed by atoms with Crippen molar-refractivity contribution in [2.75, 3.05) is 18.0 Å². The van der Waals surface area contributed by atoms with E-state index < -0.39 is 0 Å². The average molecular weight is 295 g/mol. The molecule has 0 N–H and O–H groups in total. The zero-order valence-electron chi connectivity index (χ0n) is 13.8. The Morgan fingerprint density at radius 1 is 1.00 bits per heavy atom. The molecule has 1 aliphatic heterocycles. The summed E-state index contributed by atoms with van der Waals surface area (Å²) in [5, 5.41) is 0. The van der Waals surface area contributed by atoms with Gasteiger partial charge in [0.15, 0.2) is 0 Å². The Bertz CT molecular complexity index is 591. The Labute approximate surface area is 133 Å². The highest BCUT2D eigenvalue weighted by Gasteiger charge is 2.22. The van der Waals surface area contributed by atoms with E-state index in [1.54, 1.807) is 6.33 Å². The van der Waals surface area contributed by atoms with Crippen LogP contribution < -0.4 is 4.90 Å². The second-order valence-electron chi connectivity index (χ2n) is 7.20. The first kappa shape index (κ1) is 15.0. The standard InChI is InChI=1S/C19H25N3/c1-19(2,3)17-6-4-15(5-7-17)16-9-12-22(13-10-16)18-8-11-20-14-21-18/h4-8,11,14,16H,9-10,12-13H2,1-3H3.